The van der Waals surface area contributed by atoms with Crippen molar-refractivity contribution in [3.05, 3.63) is 24.3 Å². The van der Waals surface area contributed by atoms with Gasteiger partial charge in [0.1, 0.15) is 6.61 Å². The highest BCUT2D eigenvalue weighted by Crippen LogP contribution is 2.16. The van der Waals surface area contributed by atoms with Crippen LogP contribution in [0.2, 0.25) is 0 Å². The molecule has 0 aromatic carbocycles. The molecule has 0 fully saturated rings. The van der Waals surface area contributed by atoms with Gasteiger partial charge in [-0.25, -0.2) is 0 Å². The molecule has 0 aromatic rings. The molecule has 0 aliphatic heterocycles. The van der Waals surface area contributed by atoms with E-state index in [-0.39, 0.29) is 25.2 Å². The summed E-state index contributed by atoms with van der Waals surface area (Å²) in [7, 11) is 0. The van der Waals surface area contributed by atoms with Crippen LogP contribution >= 0.6 is 0 Å². The van der Waals surface area contributed by atoms with Crippen LogP contribution in [0.1, 0.15) is 277 Å². The average Bonchev–Trinajstić information content (AvgIpc) is 3.21. The minimum Gasteiger partial charge on any atom is -0.462 e. The lowest BCUT2D eigenvalue weighted by atomic mass is 10.0. The van der Waals surface area contributed by atoms with Crippen molar-refractivity contribution >= 4 is 11.9 Å². The number of aliphatic hydroxyl groups excluding tert-OH is 1. The van der Waals surface area contributed by atoms with E-state index in [1.54, 1.807) is 0 Å². The Morgan fingerprint density at radius 1 is 0.404 bits per heavy atom. The first-order valence-electron chi connectivity index (χ1n) is 25.4. The van der Waals surface area contributed by atoms with Crippen molar-refractivity contribution in [2.45, 2.75) is 283 Å². The highest BCUT2D eigenvalue weighted by atomic mass is 16.6. The standard InChI is InChI=1S/C52H98O5/c1-3-5-7-9-11-13-15-17-19-21-23-25-26-27-29-31-33-35-37-39-41-43-45-47-52(55)57-50(48-53)49-56-51(54)46-44-42-40-38-36-34-32-30-28-24-22-20-18-16-14-12-10-8-6-4-2/h15,17,21,23,50,53H,3-14,16,18-20,22,24-49H2,1-2H3/b17-15-,23-21-. The second kappa shape index (κ2) is 48.7. The van der Waals surface area contributed by atoms with E-state index in [0.29, 0.717) is 12.8 Å². The van der Waals surface area contributed by atoms with Crippen LogP contribution in [0.25, 0.3) is 0 Å². The summed E-state index contributed by atoms with van der Waals surface area (Å²) in [6, 6.07) is 0. The van der Waals surface area contributed by atoms with E-state index in [0.717, 1.165) is 38.5 Å². The summed E-state index contributed by atoms with van der Waals surface area (Å²) in [5.74, 6) is -0.577. The van der Waals surface area contributed by atoms with E-state index in [1.807, 2.05) is 0 Å². The third-order valence-corrected chi connectivity index (χ3v) is 11.5. The number of ether oxygens (including phenoxy) is 2. The van der Waals surface area contributed by atoms with Crippen molar-refractivity contribution in [2.24, 2.45) is 0 Å². The Labute approximate surface area is 355 Å². The Bertz CT molecular complexity index is 867. The van der Waals surface area contributed by atoms with Crippen LogP contribution in [0, 0.1) is 0 Å². The minimum absolute atomic E-state index is 0.0610. The van der Waals surface area contributed by atoms with Crippen LogP contribution in [0.15, 0.2) is 24.3 Å². The van der Waals surface area contributed by atoms with Gasteiger partial charge in [-0.2, -0.15) is 0 Å². The highest BCUT2D eigenvalue weighted by molar-refractivity contribution is 5.70. The van der Waals surface area contributed by atoms with Gasteiger partial charge in [0.2, 0.25) is 0 Å². The van der Waals surface area contributed by atoms with E-state index >= 15 is 0 Å². The number of rotatable bonds is 47. The average molecular weight is 803 g/mol. The van der Waals surface area contributed by atoms with Gasteiger partial charge >= 0.3 is 11.9 Å². The molecule has 1 N–H and O–H groups in total. The molecule has 0 spiro atoms. The Kier molecular flexibility index (Phi) is 47.4. The van der Waals surface area contributed by atoms with Gasteiger partial charge in [0.15, 0.2) is 6.10 Å². The summed E-state index contributed by atoms with van der Waals surface area (Å²) in [6.07, 6.45) is 59.8. The molecule has 0 aliphatic rings. The fourth-order valence-corrected chi connectivity index (χ4v) is 7.65. The smallest absolute Gasteiger partial charge is 0.306 e. The number of hydrogen-bond acceptors (Lipinski definition) is 5. The molecule has 0 saturated carbocycles. The van der Waals surface area contributed by atoms with E-state index in [9.17, 15) is 14.7 Å². The second-order valence-electron chi connectivity index (χ2n) is 17.3. The summed E-state index contributed by atoms with van der Waals surface area (Å²) in [5, 5.41) is 9.62. The first kappa shape index (κ1) is 55.4. The second-order valence-corrected chi connectivity index (χ2v) is 17.3. The number of unbranched alkanes of at least 4 members (excludes halogenated alkanes) is 35. The molecule has 0 amide bonds. The first-order valence-corrected chi connectivity index (χ1v) is 25.4. The summed E-state index contributed by atoms with van der Waals surface area (Å²) < 4.78 is 10.7. The lowest BCUT2D eigenvalue weighted by Crippen LogP contribution is -2.28. The maximum absolute atomic E-state index is 12.3. The van der Waals surface area contributed by atoms with Crippen molar-refractivity contribution < 1.29 is 24.2 Å². The molecule has 5 nitrogen and oxygen atoms in total. The van der Waals surface area contributed by atoms with Gasteiger partial charge < -0.3 is 14.6 Å². The van der Waals surface area contributed by atoms with Crippen LogP contribution in [0.5, 0.6) is 0 Å². The Balaban J connectivity index is 3.46. The van der Waals surface area contributed by atoms with E-state index in [1.165, 1.54) is 212 Å². The fourth-order valence-electron chi connectivity index (χ4n) is 7.65. The topological polar surface area (TPSA) is 72.8 Å². The molecular weight excluding hydrogens is 705 g/mol. The van der Waals surface area contributed by atoms with Gasteiger partial charge in [0.25, 0.3) is 0 Å². The molecule has 0 radical (unpaired) electrons. The molecule has 336 valence electrons. The summed E-state index contributed by atoms with van der Waals surface area (Å²) in [6.45, 7) is 4.17. The molecule has 57 heavy (non-hydrogen) atoms. The zero-order chi connectivity index (χ0) is 41.4. The molecule has 1 unspecified atom stereocenters. The zero-order valence-electron chi connectivity index (χ0n) is 38.4. The third kappa shape index (κ3) is 46.9. The predicted octanol–water partition coefficient (Wildman–Crippen LogP) is 16.6. The first-order chi connectivity index (χ1) is 28.1. The van der Waals surface area contributed by atoms with Gasteiger partial charge in [-0.15, -0.1) is 0 Å². The van der Waals surface area contributed by atoms with Crippen LogP contribution in [-0.4, -0.2) is 36.4 Å². The van der Waals surface area contributed by atoms with Crippen LogP contribution in [-0.2, 0) is 19.1 Å². The maximum Gasteiger partial charge on any atom is 0.306 e. The predicted molar refractivity (Wildman–Crippen MR) is 247 cm³/mol. The molecule has 0 rings (SSSR count). The molecule has 0 bridgehead atoms. The molecule has 1 atom stereocenters. The van der Waals surface area contributed by atoms with Gasteiger partial charge in [-0.3, -0.25) is 9.59 Å². The van der Waals surface area contributed by atoms with Crippen LogP contribution in [0.4, 0.5) is 0 Å². The van der Waals surface area contributed by atoms with Gasteiger partial charge in [0, 0.05) is 12.8 Å². The van der Waals surface area contributed by atoms with Crippen LogP contribution < -0.4 is 0 Å². The van der Waals surface area contributed by atoms with Crippen molar-refractivity contribution in [3.8, 4) is 0 Å². The van der Waals surface area contributed by atoms with Crippen LogP contribution in [0.3, 0.4) is 0 Å². The number of allylic oxidation sites excluding steroid dienone is 4. The Morgan fingerprint density at radius 3 is 1.04 bits per heavy atom. The van der Waals surface area contributed by atoms with Gasteiger partial charge in [-0.1, -0.05) is 244 Å². The number of carbonyl (C=O) groups is 2. The van der Waals surface area contributed by atoms with E-state index in [4.69, 9.17) is 9.47 Å². The lowest BCUT2D eigenvalue weighted by molar-refractivity contribution is -0.161. The monoisotopic (exact) mass is 803 g/mol. The normalized spacial score (nSPS) is 12.3. The molecule has 0 heterocycles. The summed E-state index contributed by atoms with van der Waals surface area (Å²) in [5.41, 5.74) is 0. The zero-order valence-corrected chi connectivity index (χ0v) is 38.4. The van der Waals surface area contributed by atoms with Gasteiger partial charge in [0.05, 0.1) is 6.61 Å². The number of hydrogen-bond donors (Lipinski definition) is 1. The van der Waals surface area contributed by atoms with Crippen molar-refractivity contribution in [2.75, 3.05) is 13.2 Å². The van der Waals surface area contributed by atoms with E-state index in [2.05, 4.69) is 38.2 Å². The third-order valence-electron chi connectivity index (χ3n) is 11.5. The molecule has 5 heteroatoms. The SMILES string of the molecule is CCCCCCC/C=C\C/C=C\CCCCCCCCCCCCCC(=O)OC(CO)COC(=O)CCCCCCCCCCCCCCCCCCCCCC. The Hall–Kier alpha value is -1.62. The quantitative estimate of drug-likeness (QED) is 0.0377. The fraction of sp³-hybridized carbons (Fsp3) is 0.885. The molecular formula is C52H98O5. The number of esters is 2. The Morgan fingerprint density at radius 2 is 0.702 bits per heavy atom. The summed E-state index contributed by atoms with van der Waals surface area (Å²) >= 11 is 0. The summed E-state index contributed by atoms with van der Waals surface area (Å²) in [4.78, 5) is 24.4. The number of carbonyl (C=O) groups excluding carboxylic acids is 2. The van der Waals surface area contributed by atoms with Crippen molar-refractivity contribution in [1.82, 2.24) is 0 Å². The lowest BCUT2D eigenvalue weighted by Gasteiger charge is -2.15. The number of aliphatic hydroxyl groups is 1. The molecule has 0 aromatic heterocycles. The maximum atomic E-state index is 12.3. The minimum atomic E-state index is -0.769. The van der Waals surface area contributed by atoms with E-state index < -0.39 is 6.10 Å². The van der Waals surface area contributed by atoms with Crippen molar-refractivity contribution in [1.29, 1.82) is 0 Å². The highest BCUT2D eigenvalue weighted by Gasteiger charge is 2.16. The largest absolute Gasteiger partial charge is 0.462 e. The molecule has 0 saturated heterocycles. The van der Waals surface area contributed by atoms with Crippen molar-refractivity contribution in [3.63, 3.8) is 0 Å². The van der Waals surface area contributed by atoms with Gasteiger partial charge in [-0.05, 0) is 44.9 Å². The molecule has 0 aliphatic carbocycles.